The summed E-state index contributed by atoms with van der Waals surface area (Å²) in [4.78, 5) is 12.0. The minimum Gasteiger partial charge on any atom is -0.383 e. The summed E-state index contributed by atoms with van der Waals surface area (Å²) in [6.45, 7) is 0.260. The molecule has 1 aromatic carbocycles. The van der Waals surface area contributed by atoms with Crippen LogP contribution < -0.4 is 5.32 Å². The van der Waals surface area contributed by atoms with Crippen molar-refractivity contribution >= 4 is 17.2 Å². The molecule has 1 aromatic heterocycles. The maximum atomic E-state index is 12.0. The Morgan fingerprint density at radius 1 is 1.30 bits per heavy atom. The Labute approximate surface area is 122 Å². The molecule has 1 aliphatic rings. The fraction of sp³-hybridized carbons (Fsp3) is 0.312. The van der Waals surface area contributed by atoms with Crippen molar-refractivity contribution in [2.45, 2.75) is 18.4 Å². The van der Waals surface area contributed by atoms with Crippen LogP contribution in [-0.4, -0.2) is 17.6 Å². The van der Waals surface area contributed by atoms with Crippen LogP contribution in [0, 0.1) is 5.92 Å². The molecule has 1 amide bonds. The van der Waals surface area contributed by atoms with E-state index in [1.807, 2.05) is 41.1 Å². The van der Waals surface area contributed by atoms with E-state index in [0.29, 0.717) is 5.56 Å². The summed E-state index contributed by atoms with van der Waals surface area (Å²) in [6, 6.07) is 11.4. The van der Waals surface area contributed by atoms with E-state index < -0.39 is 5.60 Å². The Morgan fingerprint density at radius 3 is 2.65 bits per heavy atom. The monoisotopic (exact) mass is 287 g/mol. The fourth-order valence-electron chi connectivity index (χ4n) is 2.48. The first-order valence-corrected chi connectivity index (χ1v) is 7.73. The van der Waals surface area contributed by atoms with Gasteiger partial charge in [-0.2, -0.15) is 11.3 Å². The largest absolute Gasteiger partial charge is 0.383 e. The van der Waals surface area contributed by atoms with E-state index in [9.17, 15) is 9.90 Å². The Hall–Kier alpha value is -1.65. The van der Waals surface area contributed by atoms with Gasteiger partial charge in [-0.3, -0.25) is 4.79 Å². The zero-order valence-electron chi connectivity index (χ0n) is 11.1. The van der Waals surface area contributed by atoms with Crippen LogP contribution in [0.1, 0.15) is 28.8 Å². The van der Waals surface area contributed by atoms with Crippen LogP contribution in [0.3, 0.4) is 0 Å². The smallest absolute Gasteiger partial charge is 0.252 e. The van der Waals surface area contributed by atoms with Crippen LogP contribution >= 0.6 is 11.3 Å². The highest BCUT2D eigenvalue weighted by molar-refractivity contribution is 7.08. The number of rotatable bonds is 5. The molecule has 1 aliphatic carbocycles. The first-order chi connectivity index (χ1) is 9.70. The van der Waals surface area contributed by atoms with Crippen molar-refractivity contribution in [3.8, 4) is 0 Å². The summed E-state index contributed by atoms with van der Waals surface area (Å²) in [7, 11) is 0. The predicted molar refractivity (Wildman–Crippen MR) is 79.7 cm³/mol. The highest BCUT2D eigenvalue weighted by Crippen LogP contribution is 2.45. The number of amides is 1. The van der Waals surface area contributed by atoms with Gasteiger partial charge in [-0.1, -0.05) is 30.3 Å². The molecule has 1 heterocycles. The molecule has 2 N–H and O–H groups in total. The molecule has 1 atom stereocenters. The van der Waals surface area contributed by atoms with Gasteiger partial charge in [0.2, 0.25) is 0 Å². The average molecular weight is 287 g/mol. The number of hydrogen-bond donors (Lipinski definition) is 2. The number of hydrogen-bond acceptors (Lipinski definition) is 3. The topological polar surface area (TPSA) is 49.3 Å². The zero-order valence-corrected chi connectivity index (χ0v) is 11.9. The van der Waals surface area contributed by atoms with Crippen LogP contribution in [0.5, 0.6) is 0 Å². The van der Waals surface area contributed by atoms with E-state index in [-0.39, 0.29) is 18.4 Å². The van der Waals surface area contributed by atoms with Gasteiger partial charge in [-0.05, 0) is 35.8 Å². The summed E-state index contributed by atoms with van der Waals surface area (Å²) in [5.74, 6) is 0.119. The molecule has 2 aromatic rings. The van der Waals surface area contributed by atoms with Crippen LogP contribution in [0.4, 0.5) is 0 Å². The minimum absolute atomic E-state index is 0.124. The lowest BCUT2D eigenvalue weighted by Crippen LogP contribution is -2.42. The average Bonchev–Trinajstić information content (AvgIpc) is 3.21. The molecule has 3 rings (SSSR count). The second-order valence-electron chi connectivity index (χ2n) is 5.26. The van der Waals surface area contributed by atoms with Crippen LogP contribution in [0.25, 0.3) is 0 Å². The summed E-state index contributed by atoms with van der Waals surface area (Å²) < 4.78 is 0. The lowest BCUT2D eigenvalue weighted by atomic mass is 9.88. The summed E-state index contributed by atoms with van der Waals surface area (Å²) in [5, 5.41) is 17.5. The van der Waals surface area contributed by atoms with Crippen molar-refractivity contribution in [1.82, 2.24) is 5.32 Å². The van der Waals surface area contributed by atoms with Crippen molar-refractivity contribution in [2.75, 3.05) is 6.54 Å². The molecule has 4 heteroatoms. The summed E-state index contributed by atoms with van der Waals surface area (Å²) in [5.41, 5.74) is 0.585. The molecule has 0 radical (unpaired) electrons. The first kappa shape index (κ1) is 13.3. The van der Waals surface area contributed by atoms with E-state index in [0.717, 1.165) is 18.4 Å². The van der Waals surface area contributed by atoms with Crippen molar-refractivity contribution < 1.29 is 9.90 Å². The van der Waals surface area contributed by atoms with E-state index in [1.165, 1.54) is 11.3 Å². The van der Waals surface area contributed by atoms with Gasteiger partial charge in [0.1, 0.15) is 5.60 Å². The maximum absolute atomic E-state index is 12.0. The van der Waals surface area contributed by atoms with Crippen molar-refractivity contribution in [3.05, 3.63) is 58.3 Å². The van der Waals surface area contributed by atoms with Crippen LogP contribution in [-0.2, 0) is 5.60 Å². The molecular weight excluding hydrogens is 270 g/mol. The van der Waals surface area contributed by atoms with Gasteiger partial charge in [0, 0.05) is 10.9 Å². The number of thiophene rings is 1. The zero-order chi connectivity index (χ0) is 14.0. The molecular formula is C16H17NO2S. The van der Waals surface area contributed by atoms with Crippen molar-refractivity contribution in [3.63, 3.8) is 0 Å². The Bertz CT molecular complexity index is 578. The number of benzene rings is 1. The van der Waals surface area contributed by atoms with E-state index in [2.05, 4.69) is 5.32 Å². The molecule has 1 saturated carbocycles. The van der Waals surface area contributed by atoms with E-state index in [4.69, 9.17) is 0 Å². The Morgan fingerprint density at radius 2 is 2.05 bits per heavy atom. The molecule has 0 spiro atoms. The number of carbonyl (C=O) groups is 1. The Balaban J connectivity index is 1.74. The number of carbonyl (C=O) groups excluding carboxylic acids is 1. The maximum Gasteiger partial charge on any atom is 0.252 e. The molecule has 0 unspecified atom stereocenters. The van der Waals surface area contributed by atoms with Gasteiger partial charge >= 0.3 is 0 Å². The first-order valence-electron chi connectivity index (χ1n) is 6.78. The Kier molecular flexibility index (Phi) is 3.59. The van der Waals surface area contributed by atoms with Gasteiger partial charge in [-0.25, -0.2) is 0 Å². The second kappa shape index (κ2) is 5.38. The summed E-state index contributed by atoms with van der Waals surface area (Å²) in [6.07, 6.45) is 2.03. The van der Waals surface area contributed by atoms with Crippen LogP contribution in [0.2, 0.25) is 0 Å². The quantitative estimate of drug-likeness (QED) is 0.888. The van der Waals surface area contributed by atoms with Gasteiger partial charge in [-0.15, -0.1) is 0 Å². The molecule has 1 fully saturated rings. The van der Waals surface area contributed by atoms with Gasteiger partial charge in [0.05, 0.1) is 6.54 Å². The van der Waals surface area contributed by atoms with Crippen molar-refractivity contribution in [1.29, 1.82) is 0 Å². The van der Waals surface area contributed by atoms with Crippen LogP contribution in [0.15, 0.2) is 47.2 Å². The van der Waals surface area contributed by atoms with Crippen molar-refractivity contribution in [2.24, 2.45) is 5.92 Å². The molecule has 0 saturated heterocycles. The SMILES string of the molecule is O=C(NC[C@](O)(c1ccccc1)C1CC1)c1ccsc1. The highest BCUT2D eigenvalue weighted by atomic mass is 32.1. The van der Waals surface area contributed by atoms with E-state index in [1.54, 1.807) is 6.07 Å². The number of nitrogens with one attached hydrogen (secondary N) is 1. The third-order valence-corrected chi connectivity index (χ3v) is 4.51. The fourth-order valence-corrected chi connectivity index (χ4v) is 3.12. The van der Waals surface area contributed by atoms with E-state index >= 15 is 0 Å². The summed E-state index contributed by atoms with van der Waals surface area (Å²) >= 11 is 1.49. The normalized spacial score (nSPS) is 17.4. The molecule has 3 nitrogen and oxygen atoms in total. The highest BCUT2D eigenvalue weighted by Gasteiger charge is 2.45. The third-order valence-electron chi connectivity index (χ3n) is 3.83. The van der Waals surface area contributed by atoms with Gasteiger partial charge < -0.3 is 10.4 Å². The lowest BCUT2D eigenvalue weighted by Gasteiger charge is -2.29. The van der Waals surface area contributed by atoms with Gasteiger partial charge in [0.25, 0.3) is 5.91 Å². The minimum atomic E-state index is -0.951. The lowest BCUT2D eigenvalue weighted by molar-refractivity contribution is 0.0135. The predicted octanol–water partition coefficient (Wildman–Crippen LogP) is 2.78. The molecule has 0 aliphatic heterocycles. The molecule has 104 valence electrons. The third kappa shape index (κ3) is 2.62. The standard InChI is InChI=1S/C16H17NO2S/c18-15(12-8-9-20-10-12)17-11-16(19,14-6-7-14)13-4-2-1-3-5-13/h1-5,8-10,14,19H,6-7,11H2,(H,17,18)/t16-/m0/s1. The second-order valence-corrected chi connectivity index (χ2v) is 6.04. The van der Waals surface area contributed by atoms with Gasteiger partial charge in [0.15, 0.2) is 0 Å². The molecule has 0 bridgehead atoms. The molecule has 20 heavy (non-hydrogen) atoms. The number of aliphatic hydroxyl groups is 1.